The highest BCUT2D eigenvalue weighted by molar-refractivity contribution is 5.64. The van der Waals surface area contributed by atoms with E-state index in [-0.39, 0.29) is 17.3 Å². The standard InChI is InChI=1S/C6H8N4O4/c1-9-4(3-14-6(7)11)8-2-5(9)10(12)13/h2H,3H2,1H3,(H2-,7,11,12,13)/p+1. The van der Waals surface area contributed by atoms with Crippen LogP contribution in [0, 0.1) is 4.91 Å². The molecule has 0 unspecified atom stereocenters. The van der Waals surface area contributed by atoms with Crippen molar-refractivity contribution in [3.8, 4) is 0 Å². The Kier molecular flexibility index (Phi) is 2.65. The Hall–Kier alpha value is -2.12. The van der Waals surface area contributed by atoms with E-state index in [0.717, 1.165) is 6.20 Å². The van der Waals surface area contributed by atoms with E-state index < -0.39 is 6.09 Å². The lowest BCUT2D eigenvalue weighted by Crippen LogP contribution is -2.14. The molecule has 1 rings (SSSR count). The highest BCUT2D eigenvalue weighted by Gasteiger charge is 2.20. The highest BCUT2D eigenvalue weighted by Crippen LogP contribution is 2.11. The lowest BCUT2D eigenvalue weighted by molar-refractivity contribution is -0.733. The third-order valence-electron chi connectivity index (χ3n) is 1.60. The van der Waals surface area contributed by atoms with E-state index in [1.807, 2.05) is 0 Å². The van der Waals surface area contributed by atoms with Gasteiger partial charge in [0.25, 0.3) is 0 Å². The first-order chi connectivity index (χ1) is 6.52. The molecule has 0 radical (unpaired) electrons. The lowest BCUT2D eigenvalue weighted by Gasteiger charge is -1.97. The molecule has 0 saturated heterocycles. The molecular weight excluding hydrogens is 192 g/mol. The van der Waals surface area contributed by atoms with Gasteiger partial charge in [-0.05, 0) is 4.91 Å². The number of carbonyl (C=O) groups excluding carboxylic acids is 1. The van der Waals surface area contributed by atoms with Gasteiger partial charge < -0.3 is 15.7 Å². The zero-order valence-corrected chi connectivity index (χ0v) is 7.38. The zero-order chi connectivity index (χ0) is 10.7. The van der Waals surface area contributed by atoms with Gasteiger partial charge in [-0.1, -0.05) is 0 Å². The fraction of sp³-hybridized carbons (Fsp3) is 0.333. The number of imidazole rings is 1. The van der Waals surface area contributed by atoms with Crippen LogP contribution in [0.25, 0.3) is 0 Å². The topological polar surface area (TPSA) is 110 Å². The summed E-state index contributed by atoms with van der Waals surface area (Å²) in [5.41, 5.74) is 4.74. The summed E-state index contributed by atoms with van der Waals surface area (Å²) in [5.74, 6) is 0.238. The molecule has 0 aliphatic rings. The van der Waals surface area contributed by atoms with E-state index in [4.69, 9.17) is 10.9 Å². The van der Waals surface area contributed by atoms with Crippen molar-refractivity contribution in [2.24, 2.45) is 12.8 Å². The fourth-order valence-electron chi connectivity index (χ4n) is 0.885. The molecule has 1 aromatic heterocycles. The number of carbonyl (C=O) groups is 1. The van der Waals surface area contributed by atoms with Gasteiger partial charge in [0, 0.05) is 0 Å². The Balaban J connectivity index is 2.79. The number of hydrogen-bond donors (Lipinski definition) is 2. The van der Waals surface area contributed by atoms with Gasteiger partial charge in [0.1, 0.15) is 6.20 Å². The Bertz CT molecular complexity index is 372. The van der Waals surface area contributed by atoms with Crippen LogP contribution in [0.3, 0.4) is 0 Å². The number of primary amides is 1. The average molecular weight is 201 g/mol. The van der Waals surface area contributed by atoms with E-state index in [1.165, 1.54) is 11.6 Å². The Morgan fingerprint density at radius 1 is 1.86 bits per heavy atom. The van der Waals surface area contributed by atoms with Crippen molar-refractivity contribution in [3.63, 3.8) is 0 Å². The van der Waals surface area contributed by atoms with Crippen LogP contribution in [0.1, 0.15) is 5.82 Å². The summed E-state index contributed by atoms with van der Waals surface area (Å²) in [6.45, 7) is -0.153. The smallest absolute Gasteiger partial charge is 0.405 e. The minimum Gasteiger partial charge on any atom is -0.439 e. The number of hydrogen-bond acceptors (Lipinski definition) is 4. The van der Waals surface area contributed by atoms with Gasteiger partial charge >= 0.3 is 11.9 Å². The van der Waals surface area contributed by atoms with Gasteiger partial charge in [0.15, 0.2) is 11.5 Å². The van der Waals surface area contributed by atoms with Gasteiger partial charge in [-0.3, -0.25) is 0 Å². The third kappa shape index (κ3) is 1.97. The van der Waals surface area contributed by atoms with Crippen molar-refractivity contribution < 1.29 is 19.7 Å². The number of nitrogens with two attached hydrogens (primary N) is 1. The van der Waals surface area contributed by atoms with Crippen LogP contribution in [0.2, 0.25) is 0 Å². The quantitative estimate of drug-likeness (QED) is 0.658. The number of rotatable bonds is 3. The average Bonchev–Trinajstić information content (AvgIpc) is 2.43. The molecule has 1 aromatic rings. The minimum absolute atomic E-state index is 0.0620. The van der Waals surface area contributed by atoms with E-state index in [0.29, 0.717) is 5.82 Å². The van der Waals surface area contributed by atoms with Crippen LogP contribution in [0.4, 0.5) is 10.6 Å². The van der Waals surface area contributed by atoms with Crippen LogP contribution in [0.5, 0.6) is 0 Å². The zero-order valence-electron chi connectivity index (χ0n) is 7.38. The normalized spacial score (nSPS) is 9.79. The van der Waals surface area contributed by atoms with Gasteiger partial charge in [-0.25, -0.2) is 14.3 Å². The SMILES string of the molecule is Cn1c([N+](=O)O)cnc1COC(N)=O. The predicted octanol–water partition coefficient (Wildman–Crippen LogP) is -0.185. The summed E-state index contributed by atoms with van der Waals surface area (Å²) < 4.78 is 5.73. The van der Waals surface area contributed by atoms with Crippen molar-refractivity contribution in [1.82, 2.24) is 9.55 Å². The van der Waals surface area contributed by atoms with Gasteiger partial charge in [-0.2, -0.15) is 0 Å². The predicted molar refractivity (Wildman–Crippen MR) is 42.7 cm³/mol. The first-order valence-electron chi connectivity index (χ1n) is 3.61. The molecule has 8 nitrogen and oxygen atoms in total. The third-order valence-corrected chi connectivity index (χ3v) is 1.60. The van der Waals surface area contributed by atoms with Crippen LogP contribution in [-0.2, 0) is 18.4 Å². The molecule has 0 bridgehead atoms. The second kappa shape index (κ2) is 3.73. The summed E-state index contributed by atoms with van der Waals surface area (Å²) in [6, 6.07) is 0. The first-order valence-corrected chi connectivity index (χ1v) is 3.61. The molecule has 0 spiro atoms. The number of aromatic nitrogens is 2. The molecule has 0 aliphatic carbocycles. The van der Waals surface area contributed by atoms with Gasteiger partial charge in [0.2, 0.25) is 5.82 Å². The van der Waals surface area contributed by atoms with E-state index in [1.54, 1.807) is 0 Å². The summed E-state index contributed by atoms with van der Waals surface area (Å²) >= 11 is 0. The minimum atomic E-state index is -0.933. The molecule has 76 valence electrons. The maximum absolute atomic E-state index is 10.5. The lowest BCUT2D eigenvalue weighted by atomic mass is 10.6. The largest absolute Gasteiger partial charge is 0.439 e. The molecule has 8 heteroatoms. The maximum atomic E-state index is 10.5. The van der Waals surface area contributed by atoms with Crippen LogP contribution in [-0.4, -0.2) is 25.8 Å². The van der Waals surface area contributed by atoms with Crippen molar-refractivity contribution in [3.05, 3.63) is 16.9 Å². The highest BCUT2D eigenvalue weighted by atomic mass is 16.6. The summed E-state index contributed by atoms with van der Waals surface area (Å²) in [5, 5.41) is 8.58. The Labute approximate surface area is 78.4 Å². The summed E-state index contributed by atoms with van der Waals surface area (Å²) in [6.07, 6.45) is 0.213. The fourth-order valence-corrected chi connectivity index (χ4v) is 0.885. The first kappa shape index (κ1) is 9.96. The van der Waals surface area contributed by atoms with Crippen LogP contribution >= 0.6 is 0 Å². The second-order valence-corrected chi connectivity index (χ2v) is 2.47. The van der Waals surface area contributed by atoms with E-state index in [2.05, 4.69) is 9.72 Å². The summed E-state index contributed by atoms with van der Waals surface area (Å²) in [4.78, 5) is 24.2. The van der Waals surface area contributed by atoms with Crippen molar-refractivity contribution in [1.29, 1.82) is 0 Å². The monoisotopic (exact) mass is 201 g/mol. The maximum Gasteiger partial charge on any atom is 0.405 e. The van der Waals surface area contributed by atoms with Crippen molar-refractivity contribution in [2.45, 2.75) is 6.61 Å². The molecule has 14 heavy (non-hydrogen) atoms. The van der Waals surface area contributed by atoms with E-state index in [9.17, 15) is 9.70 Å². The summed E-state index contributed by atoms with van der Waals surface area (Å²) in [7, 11) is 1.49. The number of ether oxygens (including phenoxy) is 1. The van der Waals surface area contributed by atoms with Crippen LogP contribution in [0.15, 0.2) is 6.20 Å². The van der Waals surface area contributed by atoms with Crippen molar-refractivity contribution in [2.75, 3.05) is 0 Å². The Morgan fingerprint density at radius 2 is 2.50 bits per heavy atom. The molecular formula is C6H9N4O4+. The number of nitrogens with zero attached hydrogens (tertiary/aromatic N) is 3. The van der Waals surface area contributed by atoms with Crippen molar-refractivity contribution >= 4 is 11.9 Å². The molecule has 0 aliphatic heterocycles. The van der Waals surface area contributed by atoms with Gasteiger partial charge in [0.05, 0.1) is 7.05 Å². The second-order valence-electron chi connectivity index (χ2n) is 2.47. The van der Waals surface area contributed by atoms with E-state index >= 15 is 0 Å². The Morgan fingerprint density at radius 3 is 2.93 bits per heavy atom. The van der Waals surface area contributed by atoms with Gasteiger partial charge in [-0.15, -0.1) is 0 Å². The molecule has 0 aromatic carbocycles. The molecule has 0 fully saturated rings. The van der Waals surface area contributed by atoms with Crippen LogP contribution < -0.4 is 5.73 Å². The molecule has 1 amide bonds. The molecule has 0 atom stereocenters. The number of amides is 1. The molecule has 0 saturated carbocycles. The molecule has 3 N–H and O–H groups in total. The molecule has 1 heterocycles.